The van der Waals surface area contributed by atoms with Gasteiger partial charge in [0.25, 0.3) is 0 Å². The highest BCUT2D eigenvalue weighted by Crippen LogP contribution is 2.25. The van der Waals surface area contributed by atoms with Crippen LogP contribution in [0, 0.1) is 5.92 Å². The Morgan fingerprint density at radius 2 is 2.11 bits per heavy atom. The van der Waals surface area contributed by atoms with Crippen LogP contribution < -0.4 is 10.6 Å². The Bertz CT molecular complexity index is 379. The van der Waals surface area contributed by atoms with Gasteiger partial charge in [-0.2, -0.15) is 0 Å². The summed E-state index contributed by atoms with van der Waals surface area (Å²) in [5, 5.41) is 14.9. The Hall–Kier alpha value is -1.10. The Morgan fingerprint density at radius 1 is 1.26 bits per heavy atom. The SMILES string of the molecule is CCNC(C)c1nnc(NC2CCCC(C)CC2)o1. The van der Waals surface area contributed by atoms with Crippen molar-refractivity contribution in [2.24, 2.45) is 5.92 Å². The van der Waals surface area contributed by atoms with Crippen molar-refractivity contribution in [3.63, 3.8) is 0 Å². The number of nitrogens with zero attached hydrogens (tertiary/aromatic N) is 2. The fourth-order valence-corrected chi connectivity index (χ4v) is 2.67. The first-order valence-electron chi connectivity index (χ1n) is 7.52. The number of rotatable bonds is 5. The van der Waals surface area contributed by atoms with Crippen LogP contribution in [0.1, 0.15) is 64.8 Å². The standard InChI is InChI=1S/C14H26N4O/c1-4-15-11(3)13-17-18-14(19-13)16-12-7-5-6-10(2)8-9-12/h10-12,15H,4-9H2,1-3H3,(H,16,18). The molecule has 3 unspecified atom stereocenters. The minimum absolute atomic E-state index is 0.113. The van der Waals surface area contributed by atoms with E-state index in [2.05, 4.69) is 34.7 Å². The fourth-order valence-electron chi connectivity index (χ4n) is 2.67. The maximum Gasteiger partial charge on any atom is 0.315 e. The highest BCUT2D eigenvalue weighted by atomic mass is 16.4. The van der Waals surface area contributed by atoms with E-state index in [1.165, 1.54) is 32.1 Å². The molecule has 0 aliphatic heterocycles. The van der Waals surface area contributed by atoms with Crippen molar-refractivity contribution >= 4 is 6.01 Å². The van der Waals surface area contributed by atoms with E-state index in [0.717, 1.165) is 12.5 Å². The van der Waals surface area contributed by atoms with Gasteiger partial charge in [-0.3, -0.25) is 0 Å². The van der Waals surface area contributed by atoms with Crippen LogP contribution in [0.3, 0.4) is 0 Å². The van der Waals surface area contributed by atoms with E-state index in [1.54, 1.807) is 0 Å². The lowest BCUT2D eigenvalue weighted by molar-refractivity contribution is 0.424. The summed E-state index contributed by atoms with van der Waals surface area (Å²) in [6, 6.07) is 1.16. The first-order chi connectivity index (χ1) is 9.19. The summed E-state index contributed by atoms with van der Waals surface area (Å²) >= 11 is 0. The molecule has 5 nitrogen and oxygen atoms in total. The molecule has 2 N–H and O–H groups in total. The number of nitrogens with one attached hydrogen (secondary N) is 2. The summed E-state index contributed by atoms with van der Waals surface area (Å²) in [6.07, 6.45) is 6.30. The Labute approximate surface area is 115 Å². The van der Waals surface area contributed by atoms with Gasteiger partial charge in [0.05, 0.1) is 6.04 Å². The predicted octanol–water partition coefficient (Wildman–Crippen LogP) is 3.12. The summed E-state index contributed by atoms with van der Waals surface area (Å²) in [6.45, 7) is 7.34. The van der Waals surface area contributed by atoms with Gasteiger partial charge in [0.1, 0.15) is 0 Å². The molecule has 1 fully saturated rings. The number of anilines is 1. The molecular formula is C14H26N4O. The van der Waals surface area contributed by atoms with Gasteiger partial charge in [-0.15, -0.1) is 5.10 Å². The number of aromatic nitrogens is 2. The molecule has 1 aromatic heterocycles. The smallest absolute Gasteiger partial charge is 0.315 e. The van der Waals surface area contributed by atoms with Crippen molar-refractivity contribution in [1.82, 2.24) is 15.5 Å². The second kappa shape index (κ2) is 6.89. The third-order valence-corrected chi connectivity index (χ3v) is 3.91. The zero-order chi connectivity index (χ0) is 13.7. The van der Waals surface area contributed by atoms with Crippen LogP contribution in [0.2, 0.25) is 0 Å². The molecular weight excluding hydrogens is 240 g/mol. The average molecular weight is 266 g/mol. The first kappa shape index (κ1) is 14.3. The van der Waals surface area contributed by atoms with Gasteiger partial charge in [0.15, 0.2) is 0 Å². The molecule has 1 saturated carbocycles. The maximum absolute atomic E-state index is 5.67. The van der Waals surface area contributed by atoms with Gasteiger partial charge < -0.3 is 15.1 Å². The van der Waals surface area contributed by atoms with Gasteiger partial charge in [-0.05, 0) is 38.6 Å². The lowest BCUT2D eigenvalue weighted by atomic mass is 10.0. The van der Waals surface area contributed by atoms with Crippen LogP contribution in [-0.4, -0.2) is 22.8 Å². The Kier molecular flexibility index (Phi) is 5.19. The molecule has 1 aliphatic carbocycles. The lowest BCUT2D eigenvalue weighted by Crippen LogP contribution is -2.19. The largest absolute Gasteiger partial charge is 0.406 e. The van der Waals surface area contributed by atoms with Crippen molar-refractivity contribution in [1.29, 1.82) is 0 Å². The van der Waals surface area contributed by atoms with Crippen LogP contribution >= 0.6 is 0 Å². The normalized spacial score (nSPS) is 25.8. The molecule has 0 bridgehead atoms. The topological polar surface area (TPSA) is 63.0 Å². The summed E-state index contributed by atoms with van der Waals surface area (Å²) < 4.78 is 5.67. The number of hydrogen-bond acceptors (Lipinski definition) is 5. The molecule has 2 rings (SSSR count). The quantitative estimate of drug-likeness (QED) is 0.802. The van der Waals surface area contributed by atoms with Crippen molar-refractivity contribution in [3.8, 4) is 0 Å². The zero-order valence-electron chi connectivity index (χ0n) is 12.3. The third-order valence-electron chi connectivity index (χ3n) is 3.91. The predicted molar refractivity (Wildman–Crippen MR) is 76.0 cm³/mol. The second-order valence-electron chi connectivity index (χ2n) is 5.68. The van der Waals surface area contributed by atoms with Gasteiger partial charge in [-0.1, -0.05) is 31.8 Å². The van der Waals surface area contributed by atoms with Crippen LogP contribution in [0.15, 0.2) is 4.42 Å². The molecule has 3 atom stereocenters. The van der Waals surface area contributed by atoms with E-state index < -0.39 is 0 Å². The average Bonchev–Trinajstić information content (AvgIpc) is 2.75. The van der Waals surface area contributed by atoms with Crippen LogP contribution in [0.5, 0.6) is 0 Å². The molecule has 0 spiro atoms. The molecule has 0 amide bonds. The minimum Gasteiger partial charge on any atom is -0.406 e. The van der Waals surface area contributed by atoms with E-state index in [-0.39, 0.29) is 6.04 Å². The van der Waals surface area contributed by atoms with E-state index in [4.69, 9.17) is 4.42 Å². The molecule has 1 aromatic rings. The molecule has 0 radical (unpaired) electrons. The maximum atomic E-state index is 5.67. The molecule has 1 aliphatic rings. The van der Waals surface area contributed by atoms with E-state index >= 15 is 0 Å². The summed E-state index contributed by atoms with van der Waals surface area (Å²) in [7, 11) is 0. The van der Waals surface area contributed by atoms with E-state index in [0.29, 0.717) is 17.9 Å². The van der Waals surface area contributed by atoms with Crippen molar-refractivity contribution in [2.75, 3.05) is 11.9 Å². The highest BCUT2D eigenvalue weighted by molar-refractivity contribution is 5.20. The van der Waals surface area contributed by atoms with E-state index in [9.17, 15) is 0 Å². The molecule has 19 heavy (non-hydrogen) atoms. The fraction of sp³-hybridized carbons (Fsp3) is 0.857. The van der Waals surface area contributed by atoms with E-state index in [1.807, 2.05) is 6.92 Å². The van der Waals surface area contributed by atoms with Crippen molar-refractivity contribution in [3.05, 3.63) is 5.89 Å². The summed E-state index contributed by atoms with van der Waals surface area (Å²) in [5.74, 6) is 1.50. The monoisotopic (exact) mass is 266 g/mol. The molecule has 5 heteroatoms. The van der Waals surface area contributed by atoms with Gasteiger partial charge in [0, 0.05) is 6.04 Å². The van der Waals surface area contributed by atoms with Crippen molar-refractivity contribution in [2.45, 2.75) is 65.0 Å². The molecule has 108 valence electrons. The highest BCUT2D eigenvalue weighted by Gasteiger charge is 2.19. The second-order valence-corrected chi connectivity index (χ2v) is 5.68. The molecule has 0 saturated heterocycles. The van der Waals surface area contributed by atoms with Crippen LogP contribution in [0.4, 0.5) is 6.01 Å². The first-order valence-corrected chi connectivity index (χ1v) is 7.52. The molecule has 0 aromatic carbocycles. The minimum atomic E-state index is 0.113. The lowest BCUT2D eigenvalue weighted by Gasteiger charge is -2.14. The van der Waals surface area contributed by atoms with Crippen LogP contribution in [-0.2, 0) is 0 Å². The third kappa shape index (κ3) is 4.20. The van der Waals surface area contributed by atoms with Crippen molar-refractivity contribution < 1.29 is 4.42 Å². The zero-order valence-corrected chi connectivity index (χ0v) is 12.3. The molecule has 1 heterocycles. The van der Waals surface area contributed by atoms with Crippen LogP contribution in [0.25, 0.3) is 0 Å². The number of hydrogen-bond donors (Lipinski definition) is 2. The Balaban J connectivity index is 1.88. The van der Waals surface area contributed by atoms with Gasteiger partial charge in [0.2, 0.25) is 5.89 Å². The Morgan fingerprint density at radius 3 is 2.89 bits per heavy atom. The summed E-state index contributed by atoms with van der Waals surface area (Å²) in [5.41, 5.74) is 0. The van der Waals surface area contributed by atoms with Gasteiger partial charge in [-0.25, -0.2) is 0 Å². The van der Waals surface area contributed by atoms with Gasteiger partial charge >= 0.3 is 6.01 Å². The summed E-state index contributed by atoms with van der Waals surface area (Å²) in [4.78, 5) is 0.